The van der Waals surface area contributed by atoms with Crippen molar-refractivity contribution in [3.05, 3.63) is 0 Å². The largest absolute Gasteiger partial charge is 0.393 e. The van der Waals surface area contributed by atoms with Crippen LogP contribution in [0.1, 0.15) is 39.5 Å². The zero-order chi connectivity index (χ0) is 11.6. The van der Waals surface area contributed by atoms with E-state index in [1.54, 1.807) is 0 Å². The Balaban J connectivity index is 1.95. The van der Waals surface area contributed by atoms with Gasteiger partial charge in [0.1, 0.15) is 0 Å². The van der Waals surface area contributed by atoms with E-state index in [0.717, 1.165) is 31.6 Å². The first-order chi connectivity index (χ1) is 7.67. The highest BCUT2D eigenvalue weighted by atomic mass is 32.2. The van der Waals surface area contributed by atoms with Crippen molar-refractivity contribution in [1.82, 2.24) is 0 Å². The predicted molar refractivity (Wildman–Crippen MR) is 68.8 cm³/mol. The Bertz CT molecular complexity index is 226. The molecular weight excluding hydrogens is 220 g/mol. The molecule has 0 aromatic rings. The second kappa shape index (κ2) is 5.28. The lowest BCUT2D eigenvalue weighted by molar-refractivity contribution is -0.108. The monoisotopic (exact) mass is 244 g/mol. The molecule has 4 unspecified atom stereocenters. The van der Waals surface area contributed by atoms with Crippen LogP contribution >= 0.6 is 11.8 Å². The first-order valence-corrected chi connectivity index (χ1v) is 7.72. The van der Waals surface area contributed by atoms with Crippen molar-refractivity contribution in [2.24, 2.45) is 11.8 Å². The van der Waals surface area contributed by atoms with Gasteiger partial charge in [0.25, 0.3) is 0 Å². The molecule has 2 saturated heterocycles. The molecule has 0 amide bonds. The molecule has 0 saturated carbocycles. The third-order valence-electron chi connectivity index (χ3n) is 4.31. The fourth-order valence-corrected chi connectivity index (χ4v) is 4.30. The minimum absolute atomic E-state index is 0.113. The maximum Gasteiger partial charge on any atom is 0.0783 e. The molecule has 0 bridgehead atoms. The fraction of sp³-hybridized carbons (Fsp3) is 1.00. The summed E-state index contributed by atoms with van der Waals surface area (Å²) in [5, 5.41) is 10.3. The van der Waals surface area contributed by atoms with Crippen LogP contribution in [-0.2, 0) is 4.74 Å². The van der Waals surface area contributed by atoms with E-state index in [1.165, 1.54) is 12.2 Å². The predicted octanol–water partition coefficient (Wildman–Crippen LogP) is 2.70. The van der Waals surface area contributed by atoms with Crippen molar-refractivity contribution in [2.75, 3.05) is 18.1 Å². The summed E-state index contributed by atoms with van der Waals surface area (Å²) in [6, 6.07) is 0. The third kappa shape index (κ3) is 2.57. The van der Waals surface area contributed by atoms with E-state index < -0.39 is 0 Å². The molecule has 94 valence electrons. The number of aliphatic hydroxyl groups excluding tert-OH is 1. The normalized spacial score (nSPS) is 38.8. The molecule has 2 fully saturated rings. The fourth-order valence-electron chi connectivity index (χ4n) is 2.93. The summed E-state index contributed by atoms with van der Waals surface area (Å²) >= 11 is 2.00. The first-order valence-electron chi connectivity index (χ1n) is 6.56. The van der Waals surface area contributed by atoms with E-state index in [9.17, 15) is 5.11 Å². The summed E-state index contributed by atoms with van der Waals surface area (Å²) in [6.45, 7) is 5.17. The van der Waals surface area contributed by atoms with Crippen LogP contribution in [0, 0.1) is 11.8 Å². The van der Waals surface area contributed by atoms with E-state index in [2.05, 4.69) is 13.8 Å². The van der Waals surface area contributed by atoms with Crippen LogP contribution < -0.4 is 0 Å². The van der Waals surface area contributed by atoms with Gasteiger partial charge in [0.15, 0.2) is 0 Å². The van der Waals surface area contributed by atoms with Crippen LogP contribution in [0.15, 0.2) is 0 Å². The summed E-state index contributed by atoms with van der Waals surface area (Å²) < 4.78 is 5.99. The van der Waals surface area contributed by atoms with Gasteiger partial charge in [0.2, 0.25) is 0 Å². The summed E-state index contributed by atoms with van der Waals surface area (Å²) in [7, 11) is 0. The molecule has 1 N–H and O–H groups in total. The topological polar surface area (TPSA) is 29.5 Å². The molecule has 2 heterocycles. The lowest BCUT2D eigenvalue weighted by Crippen LogP contribution is -2.44. The van der Waals surface area contributed by atoms with Gasteiger partial charge < -0.3 is 9.84 Å². The van der Waals surface area contributed by atoms with Crippen molar-refractivity contribution in [1.29, 1.82) is 0 Å². The Morgan fingerprint density at radius 2 is 2.38 bits per heavy atom. The lowest BCUT2D eigenvalue weighted by Gasteiger charge is -2.40. The second-order valence-corrected chi connectivity index (χ2v) is 6.57. The summed E-state index contributed by atoms with van der Waals surface area (Å²) in [4.78, 5) is 0. The van der Waals surface area contributed by atoms with Crippen LogP contribution in [0.4, 0.5) is 0 Å². The summed E-state index contributed by atoms with van der Waals surface area (Å²) in [5.41, 5.74) is 0.113. The molecule has 0 aromatic heterocycles. The smallest absolute Gasteiger partial charge is 0.0783 e. The molecule has 2 rings (SSSR count). The van der Waals surface area contributed by atoms with Crippen molar-refractivity contribution in [3.63, 3.8) is 0 Å². The van der Waals surface area contributed by atoms with Crippen LogP contribution in [0.2, 0.25) is 0 Å². The Hall–Kier alpha value is 0.270. The van der Waals surface area contributed by atoms with Crippen molar-refractivity contribution >= 4 is 11.8 Å². The minimum Gasteiger partial charge on any atom is -0.393 e. The van der Waals surface area contributed by atoms with E-state index in [1.807, 2.05) is 11.8 Å². The Kier molecular flexibility index (Phi) is 4.20. The van der Waals surface area contributed by atoms with E-state index in [4.69, 9.17) is 4.74 Å². The highest BCUT2D eigenvalue weighted by molar-refractivity contribution is 7.99. The Labute approximate surface area is 103 Å². The quantitative estimate of drug-likeness (QED) is 0.827. The van der Waals surface area contributed by atoms with Crippen molar-refractivity contribution in [2.45, 2.75) is 51.2 Å². The van der Waals surface area contributed by atoms with Crippen molar-refractivity contribution in [3.8, 4) is 0 Å². The third-order valence-corrected chi connectivity index (χ3v) is 5.53. The van der Waals surface area contributed by atoms with Crippen LogP contribution in [0.5, 0.6) is 0 Å². The highest BCUT2D eigenvalue weighted by Crippen LogP contribution is 2.42. The summed E-state index contributed by atoms with van der Waals surface area (Å²) in [5.74, 6) is 3.25. The average molecular weight is 244 g/mol. The highest BCUT2D eigenvalue weighted by Gasteiger charge is 2.42. The Morgan fingerprint density at radius 1 is 1.56 bits per heavy atom. The number of thioether (sulfide) groups is 1. The molecule has 0 aliphatic carbocycles. The Morgan fingerprint density at radius 3 is 3.00 bits per heavy atom. The van der Waals surface area contributed by atoms with Gasteiger partial charge in [-0.1, -0.05) is 20.3 Å². The van der Waals surface area contributed by atoms with Gasteiger partial charge in [-0.25, -0.2) is 0 Å². The van der Waals surface area contributed by atoms with Gasteiger partial charge in [0.05, 0.1) is 11.7 Å². The summed E-state index contributed by atoms with van der Waals surface area (Å²) in [6.07, 6.45) is 4.24. The van der Waals surface area contributed by atoms with Gasteiger partial charge in [-0.3, -0.25) is 0 Å². The number of hydrogen-bond acceptors (Lipinski definition) is 3. The van der Waals surface area contributed by atoms with Gasteiger partial charge in [-0.2, -0.15) is 11.8 Å². The second-order valence-electron chi connectivity index (χ2n) is 5.46. The molecule has 16 heavy (non-hydrogen) atoms. The average Bonchev–Trinajstić information content (AvgIpc) is 2.75. The molecule has 0 aromatic carbocycles. The molecular formula is C13H24O2S. The zero-order valence-electron chi connectivity index (χ0n) is 10.4. The number of ether oxygens (including phenoxy) is 1. The van der Waals surface area contributed by atoms with Crippen molar-refractivity contribution < 1.29 is 9.84 Å². The van der Waals surface area contributed by atoms with Crippen LogP contribution in [-0.4, -0.2) is 34.9 Å². The molecule has 4 atom stereocenters. The van der Waals surface area contributed by atoms with Gasteiger partial charge >= 0.3 is 0 Å². The number of rotatable bonds is 3. The van der Waals surface area contributed by atoms with Crippen LogP contribution in [0.3, 0.4) is 0 Å². The molecule has 0 radical (unpaired) electrons. The van der Waals surface area contributed by atoms with Crippen LogP contribution in [0.25, 0.3) is 0 Å². The van der Waals surface area contributed by atoms with Gasteiger partial charge in [0, 0.05) is 12.4 Å². The van der Waals surface area contributed by atoms with Gasteiger partial charge in [-0.15, -0.1) is 0 Å². The van der Waals surface area contributed by atoms with E-state index >= 15 is 0 Å². The number of aliphatic hydroxyl groups is 1. The molecule has 2 nitrogen and oxygen atoms in total. The maximum absolute atomic E-state index is 10.3. The zero-order valence-corrected chi connectivity index (χ0v) is 11.3. The van der Waals surface area contributed by atoms with E-state index in [0.29, 0.717) is 11.8 Å². The van der Waals surface area contributed by atoms with E-state index in [-0.39, 0.29) is 11.7 Å². The van der Waals surface area contributed by atoms with Gasteiger partial charge in [-0.05, 0) is 36.9 Å². The minimum atomic E-state index is -0.128. The first kappa shape index (κ1) is 12.7. The molecule has 2 aliphatic heterocycles. The maximum atomic E-state index is 10.3. The molecule has 2 aliphatic rings. The lowest BCUT2D eigenvalue weighted by atomic mass is 9.78. The molecule has 3 heteroatoms. The number of hydrogen-bond donors (Lipinski definition) is 1. The standard InChI is InChI=1S/C13H24O2S/c1-3-10(2)12(14)11-4-6-15-13(8-11)5-7-16-9-13/h10-12,14H,3-9H2,1-2H3. The SMILES string of the molecule is CCC(C)C(O)C1CCOC2(CCSC2)C1. The molecule has 1 spiro atoms.